The first kappa shape index (κ1) is 34.5. The van der Waals surface area contributed by atoms with Crippen molar-refractivity contribution in [3.63, 3.8) is 0 Å². The van der Waals surface area contributed by atoms with Crippen LogP contribution in [0.5, 0.6) is 0 Å². The van der Waals surface area contributed by atoms with Crippen LogP contribution in [-0.4, -0.2) is 4.57 Å². The molecule has 14 rings (SSSR count). The predicted octanol–water partition coefficient (Wildman–Crippen LogP) is 15.9. The Labute approximate surface area is 366 Å². The van der Waals surface area contributed by atoms with Crippen LogP contribution in [0.25, 0.3) is 83.1 Å². The second-order valence-corrected chi connectivity index (χ2v) is 17.2. The Balaban J connectivity index is 0.921. The van der Waals surface area contributed by atoms with E-state index in [1.807, 2.05) is 0 Å². The van der Waals surface area contributed by atoms with Gasteiger partial charge in [0.05, 0.1) is 16.6 Å². The molecule has 11 aromatic rings. The van der Waals surface area contributed by atoms with Gasteiger partial charge in [0.25, 0.3) is 0 Å². The van der Waals surface area contributed by atoms with Crippen LogP contribution in [0.2, 0.25) is 0 Å². The Hall–Kier alpha value is -8.20. The zero-order chi connectivity index (χ0) is 41.2. The van der Waals surface area contributed by atoms with Crippen LogP contribution >= 0.6 is 0 Å². The standard InChI is InChI=1S/C61H38N2/c1-3-17-42(18-4-1)62(45-34-35-49-48-23-9-12-28-55(48)61(56(49)38-45)53-26-10-7-21-46(53)47-22-8-11-27-54(47)61)44-32-29-39(30-33-44)41-31-36-57-52(37-41)59-50-24-13-15-40-16-14-25-51(58(40)50)60(59)63(57)43-19-5-2-6-20-43/h1-38H. The molecule has 0 saturated heterocycles. The maximum Gasteiger partial charge on any atom is 0.0726 e. The minimum Gasteiger partial charge on any atom is -0.310 e. The Morgan fingerprint density at radius 2 is 0.873 bits per heavy atom. The number of anilines is 3. The average molecular weight is 799 g/mol. The fraction of sp³-hybridized carbons (Fsp3) is 0.0164. The van der Waals surface area contributed by atoms with Crippen molar-refractivity contribution in [1.82, 2.24) is 4.57 Å². The maximum absolute atomic E-state index is 2.47. The van der Waals surface area contributed by atoms with Crippen molar-refractivity contribution in [1.29, 1.82) is 0 Å². The number of hydrogen-bond acceptors (Lipinski definition) is 1. The molecule has 63 heavy (non-hydrogen) atoms. The number of para-hydroxylation sites is 2. The van der Waals surface area contributed by atoms with Crippen LogP contribution in [0.1, 0.15) is 22.3 Å². The van der Waals surface area contributed by atoms with E-state index in [0.29, 0.717) is 0 Å². The average Bonchev–Trinajstić information content (AvgIpc) is 4.05. The number of hydrogen-bond donors (Lipinski definition) is 0. The zero-order valence-electron chi connectivity index (χ0n) is 34.3. The summed E-state index contributed by atoms with van der Waals surface area (Å²) in [7, 11) is 0. The van der Waals surface area contributed by atoms with Crippen molar-refractivity contribution in [2.75, 3.05) is 4.90 Å². The van der Waals surface area contributed by atoms with E-state index >= 15 is 0 Å². The molecule has 0 N–H and O–H groups in total. The highest BCUT2D eigenvalue weighted by molar-refractivity contribution is 6.22. The van der Waals surface area contributed by atoms with Crippen molar-refractivity contribution in [3.05, 3.63) is 253 Å². The summed E-state index contributed by atoms with van der Waals surface area (Å²) in [6.45, 7) is 0. The summed E-state index contributed by atoms with van der Waals surface area (Å²) in [6.07, 6.45) is 0. The molecule has 0 unspecified atom stereocenters. The highest BCUT2D eigenvalue weighted by Crippen LogP contribution is 2.63. The molecule has 0 aliphatic heterocycles. The Bertz CT molecular complexity index is 3600. The van der Waals surface area contributed by atoms with Crippen molar-refractivity contribution in [2.24, 2.45) is 0 Å². The zero-order valence-corrected chi connectivity index (χ0v) is 34.3. The van der Waals surface area contributed by atoms with Gasteiger partial charge in [0.2, 0.25) is 0 Å². The largest absolute Gasteiger partial charge is 0.310 e. The smallest absolute Gasteiger partial charge is 0.0726 e. The fourth-order valence-corrected chi connectivity index (χ4v) is 11.6. The van der Waals surface area contributed by atoms with Gasteiger partial charge in [0.1, 0.15) is 0 Å². The lowest BCUT2D eigenvalue weighted by atomic mass is 9.70. The SMILES string of the molecule is c1ccc(N(c2ccc(-c3ccc4c(c3)c3c(n4-c4ccccc4)-c4cccc5cccc-3c45)cc2)c2ccc3c(c2)C2(c4ccccc4-c4ccccc42)c2ccccc2-3)cc1. The van der Waals surface area contributed by atoms with Crippen LogP contribution in [0.15, 0.2) is 231 Å². The molecular weight excluding hydrogens is 761 g/mol. The number of benzene rings is 10. The van der Waals surface area contributed by atoms with Crippen LogP contribution < -0.4 is 4.90 Å². The summed E-state index contributed by atoms with van der Waals surface area (Å²) in [5.74, 6) is 0. The first-order valence-electron chi connectivity index (χ1n) is 21.9. The van der Waals surface area contributed by atoms with Gasteiger partial charge in [-0.1, -0.05) is 170 Å². The quantitative estimate of drug-likeness (QED) is 0.168. The molecule has 1 spiro atoms. The molecular formula is C61H38N2. The van der Waals surface area contributed by atoms with Gasteiger partial charge in [-0.05, 0) is 133 Å². The lowest BCUT2D eigenvalue weighted by Crippen LogP contribution is -2.26. The van der Waals surface area contributed by atoms with E-state index in [0.717, 1.165) is 17.1 Å². The number of nitrogens with zero attached hydrogens (tertiary/aromatic N) is 2. The predicted molar refractivity (Wildman–Crippen MR) is 262 cm³/mol. The summed E-state index contributed by atoms with van der Waals surface area (Å²) >= 11 is 0. The maximum atomic E-state index is 2.47. The molecule has 292 valence electrons. The summed E-state index contributed by atoms with van der Waals surface area (Å²) in [4.78, 5) is 2.42. The molecule has 1 heterocycles. The van der Waals surface area contributed by atoms with Crippen LogP contribution in [0.3, 0.4) is 0 Å². The summed E-state index contributed by atoms with van der Waals surface area (Å²) < 4.78 is 2.46. The Morgan fingerprint density at radius 3 is 1.54 bits per heavy atom. The van der Waals surface area contributed by atoms with E-state index in [1.54, 1.807) is 0 Å². The van der Waals surface area contributed by atoms with E-state index in [1.165, 1.54) is 105 Å². The topological polar surface area (TPSA) is 8.17 Å². The van der Waals surface area contributed by atoms with E-state index in [2.05, 4.69) is 240 Å². The summed E-state index contributed by atoms with van der Waals surface area (Å²) in [5.41, 5.74) is 23.6. The third-order valence-electron chi connectivity index (χ3n) is 14.1. The van der Waals surface area contributed by atoms with Crippen LogP contribution in [0.4, 0.5) is 17.1 Å². The highest BCUT2D eigenvalue weighted by Gasteiger charge is 2.51. The molecule has 10 aromatic carbocycles. The van der Waals surface area contributed by atoms with Gasteiger partial charge in [-0.3, -0.25) is 0 Å². The Morgan fingerprint density at radius 1 is 0.349 bits per heavy atom. The van der Waals surface area contributed by atoms with Crippen molar-refractivity contribution >= 4 is 38.7 Å². The second-order valence-electron chi connectivity index (χ2n) is 17.2. The number of rotatable bonds is 5. The fourth-order valence-electron chi connectivity index (χ4n) is 11.6. The van der Waals surface area contributed by atoms with Gasteiger partial charge < -0.3 is 9.47 Å². The minimum absolute atomic E-state index is 0.410. The van der Waals surface area contributed by atoms with Crippen LogP contribution in [-0.2, 0) is 5.41 Å². The van der Waals surface area contributed by atoms with E-state index in [4.69, 9.17) is 0 Å². The normalized spacial score (nSPS) is 13.2. The molecule has 3 aliphatic rings. The first-order chi connectivity index (χ1) is 31.3. The second kappa shape index (κ2) is 12.9. The van der Waals surface area contributed by atoms with E-state index in [-0.39, 0.29) is 0 Å². The van der Waals surface area contributed by atoms with Gasteiger partial charge >= 0.3 is 0 Å². The molecule has 0 atom stereocenters. The van der Waals surface area contributed by atoms with Gasteiger partial charge in [-0.25, -0.2) is 0 Å². The third kappa shape index (κ3) is 4.62. The molecule has 0 amide bonds. The molecule has 2 heteroatoms. The lowest BCUT2D eigenvalue weighted by molar-refractivity contribution is 0.793. The molecule has 0 saturated carbocycles. The lowest BCUT2D eigenvalue weighted by Gasteiger charge is -2.32. The van der Waals surface area contributed by atoms with Crippen molar-refractivity contribution < 1.29 is 0 Å². The molecule has 0 bridgehead atoms. The molecule has 1 aromatic heterocycles. The van der Waals surface area contributed by atoms with E-state index < -0.39 is 5.41 Å². The molecule has 2 nitrogen and oxygen atoms in total. The van der Waals surface area contributed by atoms with Gasteiger partial charge in [0.15, 0.2) is 0 Å². The van der Waals surface area contributed by atoms with Gasteiger partial charge in [0, 0.05) is 39.3 Å². The summed E-state index contributed by atoms with van der Waals surface area (Å²) in [5, 5.41) is 3.90. The van der Waals surface area contributed by atoms with Crippen LogP contribution in [0, 0.1) is 0 Å². The number of aromatic nitrogens is 1. The minimum atomic E-state index is -0.410. The van der Waals surface area contributed by atoms with Crippen molar-refractivity contribution in [2.45, 2.75) is 5.41 Å². The van der Waals surface area contributed by atoms with E-state index in [9.17, 15) is 0 Å². The molecule has 0 fully saturated rings. The molecule has 3 aliphatic carbocycles. The van der Waals surface area contributed by atoms with Crippen molar-refractivity contribution in [3.8, 4) is 61.5 Å². The highest BCUT2D eigenvalue weighted by atomic mass is 15.1. The number of fused-ring (bicyclic) bond motifs is 15. The monoisotopic (exact) mass is 798 g/mol. The summed E-state index contributed by atoms with van der Waals surface area (Å²) in [6, 6.07) is 85.6. The van der Waals surface area contributed by atoms with Gasteiger partial charge in [-0.2, -0.15) is 0 Å². The first-order valence-corrected chi connectivity index (χ1v) is 21.9. The molecule has 0 radical (unpaired) electrons. The Kier molecular flexibility index (Phi) is 7.07. The van der Waals surface area contributed by atoms with Gasteiger partial charge in [-0.15, -0.1) is 0 Å². The third-order valence-corrected chi connectivity index (χ3v) is 14.1.